The van der Waals surface area contributed by atoms with Crippen LogP contribution in [0.1, 0.15) is 6.92 Å². The number of hydrogen-bond donors (Lipinski definition) is 1. The van der Waals surface area contributed by atoms with Crippen molar-refractivity contribution in [3.63, 3.8) is 0 Å². The third kappa shape index (κ3) is 3.72. The number of aliphatic hydroxyl groups excluding tert-OH is 1. The van der Waals surface area contributed by atoms with E-state index in [1.807, 2.05) is 6.92 Å². The summed E-state index contributed by atoms with van der Waals surface area (Å²) in [5.41, 5.74) is -0.177. The highest BCUT2D eigenvalue weighted by molar-refractivity contribution is 8.00. The van der Waals surface area contributed by atoms with Gasteiger partial charge in [0.25, 0.3) is 0 Å². The smallest absolute Gasteiger partial charge is 0.319 e. The topological polar surface area (TPSA) is 73.7 Å². The molecule has 1 N–H and O–H groups in total. The molecule has 1 aromatic heterocycles. The molecule has 0 aromatic carbocycles. The Bertz CT molecular complexity index is 366. The van der Waals surface area contributed by atoms with Crippen LogP contribution in [-0.4, -0.2) is 45.8 Å². The standard InChI is InChI=1S/C10H14N2O4S/c1-2-14-7-3-4-11-10(12-7)15-5-9-16-8(13)6-17-9/h3-4,8-9,13H,2,5-6H2,1H3. The van der Waals surface area contributed by atoms with Gasteiger partial charge in [-0.25, -0.2) is 4.98 Å². The molecule has 6 nitrogen and oxygen atoms in total. The number of rotatable bonds is 5. The number of aliphatic hydroxyl groups is 1. The Morgan fingerprint density at radius 1 is 1.59 bits per heavy atom. The fourth-order valence-electron chi connectivity index (χ4n) is 1.30. The molecule has 0 aliphatic carbocycles. The summed E-state index contributed by atoms with van der Waals surface area (Å²) in [6, 6.07) is 1.92. The first-order chi connectivity index (χ1) is 8.28. The summed E-state index contributed by atoms with van der Waals surface area (Å²) < 4.78 is 15.8. The van der Waals surface area contributed by atoms with E-state index in [1.54, 1.807) is 12.3 Å². The lowest BCUT2D eigenvalue weighted by molar-refractivity contribution is -0.0883. The number of nitrogens with zero attached hydrogens (tertiary/aromatic N) is 2. The lowest BCUT2D eigenvalue weighted by Crippen LogP contribution is -2.18. The van der Waals surface area contributed by atoms with Crippen molar-refractivity contribution in [2.24, 2.45) is 0 Å². The quantitative estimate of drug-likeness (QED) is 0.831. The molecule has 1 aromatic rings. The van der Waals surface area contributed by atoms with Gasteiger partial charge >= 0.3 is 6.01 Å². The maximum absolute atomic E-state index is 9.16. The molecular weight excluding hydrogens is 244 g/mol. The van der Waals surface area contributed by atoms with Crippen LogP contribution in [0.2, 0.25) is 0 Å². The molecule has 0 radical (unpaired) electrons. The molecule has 0 amide bonds. The average Bonchev–Trinajstić information content (AvgIpc) is 2.74. The Morgan fingerprint density at radius 3 is 3.18 bits per heavy atom. The molecule has 1 aliphatic rings. The van der Waals surface area contributed by atoms with Crippen molar-refractivity contribution < 1.29 is 19.3 Å². The number of hydrogen-bond acceptors (Lipinski definition) is 7. The summed E-state index contributed by atoms with van der Waals surface area (Å²) in [5.74, 6) is 1.05. The first-order valence-corrected chi connectivity index (χ1v) is 6.36. The van der Waals surface area contributed by atoms with Crippen molar-refractivity contribution in [3.8, 4) is 11.9 Å². The molecule has 17 heavy (non-hydrogen) atoms. The Hall–Kier alpha value is -1.05. The monoisotopic (exact) mass is 258 g/mol. The van der Waals surface area contributed by atoms with Crippen LogP contribution in [0.25, 0.3) is 0 Å². The lowest BCUT2D eigenvalue weighted by Gasteiger charge is -2.10. The highest BCUT2D eigenvalue weighted by Crippen LogP contribution is 2.24. The van der Waals surface area contributed by atoms with Crippen molar-refractivity contribution in [2.45, 2.75) is 18.6 Å². The van der Waals surface area contributed by atoms with Crippen LogP contribution >= 0.6 is 11.8 Å². The van der Waals surface area contributed by atoms with E-state index in [-0.39, 0.29) is 11.4 Å². The van der Waals surface area contributed by atoms with Gasteiger partial charge in [-0.05, 0) is 6.92 Å². The number of ether oxygens (including phenoxy) is 3. The van der Waals surface area contributed by atoms with Crippen LogP contribution < -0.4 is 9.47 Å². The van der Waals surface area contributed by atoms with E-state index < -0.39 is 6.29 Å². The van der Waals surface area contributed by atoms with E-state index in [9.17, 15) is 0 Å². The Labute approximate surface area is 103 Å². The molecule has 1 saturated heterocycles. The van der Waals surface area contributed by atoms with Crippen LogP contribution in [0.15, 0.2) is 12.3 Å². The Kier molecular flexibility index (Phi) is 4.41. The van der Waals surface area contributed by atoms with Crippen LogP contribution in [-0.2, 0) is 4.74 Å². The highest BCUT2D eigenvalue weighted by Gasteiger charge is 2.24. The lowest BCUT2D eigenvalue weighted by atomic mass is 10.6. The molecule has 7 heteroatoms. The van der Waals surface area contributed by atoms with Crippen molar-refractivity contribution >= 4 is 11.8 Å². The summed E-state index contributed by atoms with van der Waals surface area (Å²) in [4.78, 5) is 8.02. The summed E-state index contributed by atoms with van der Waals surface area (Å²) in [7, 11) is 0. The molecule has 2 rings (SSSR count). The molecule has 1 aliphatic heterocycles. The van der Waals surface area contributed by atoms with E-state index in [1.165, 1.54) is 11.8 Å². The van der Waals surface area contributed by atoms with Crippen LogP contribution in [0, 0.1) is 0 Å². The van der Waals surface area contributed by atoms with Gasteiger partial charge in [0.05, 0.1) is 6.61 Å². The summed E-state index contributed by atoms with van der Waals surface area (Å²) >= 11 is 1.50. The minimum atomic E-state index is -0.704. The van der Waals surface area contributed by atoms with E-state index in [0.717, 1.165) is 0 Å². The van der Waals surface area contributed by atoms with Gasteiger partial charge in [-0.1, -0.05) is 0 Å². The van der Waals surface area contributed by atoms with Gasteiger partial charge in [0.1, 0.15) is 12.0 Å². The highest BCUT2D eigenvalue weighted by atomic mass is 32.2. The van der Waals surface area contributed by atoms with Gasteiger partial charge < -0.3 is 19.3 Å². The minimum Gasteiger partial charge on any atom is -0.478 e. The van der Waals surface area contributed by atoms with Crippen LogP contribution in [0.4, 0.5) is 0 Å². The predicted molar refractivity (Wildman–Crippen MR) is 62.0 cm³/mol. The van der Waals surface area contributed by atoms with Crippen molar-refractivity contribution in [2.75, 3.05) is 19.0 Å². The van der Waals surface area contributed by atoms with Crippen LogP contribution in [0.3, 0.4) is 0 Å². The zero-order valence-electron chi connectivity index (χ0n) is 9.41. The molecule has 0 saturated carbocycles. The normalized spacial score (nSPS) is 23.6. The second kappa shape index (κ2) is 6.04. The second-order valence-electron chi connectivity index (χ2n) is 3.28. The first-order valence-electron chi connectivity index (χ1n) is 5.31. The molecule has 2 atom stereocenters. The number of thioether (sulfide) groups is 1. The van der Waals surface area contributed by atoms with E-state index >= 15 is 0 Å². The molecule has 0 bridgehead atoms. The molecule has 2 heterocycles. The fourth-order valence-corrected chi connectivity index (χ4v) is 2.13. The van der Waals surface area contributed by atoms with Gasteiger partial charge in [-0.15, -0.1) is 11.8 Å². The summed E-state index contributed by atoms with van der Waals surface area (Å²) in [6.45, 7) is 2.73. The van der Waals surface area contributed by atoms with Gasteiger partial charge in [-0.2, -0.15) is 4.98 Å². The second-order valence-corrected chi connectivity index (χ2v) is 4.47. The third-order valence-electron chi connectivity index (χ3n) is 1.98. The fraction of sp³-hybridized carbons (Fsp3) is 0.600. The summed E-state index contributed by atoms with van der Waals surface area (Å²) in [6.07, 6.45) is 0.870. The van der Waals surface area contributed by atoms with Gasteiger partial charge in [0.2, 0.25) is 5.88 Å². The van der Waals surface area contributed by atoms with Crippen molar-refractivity contribution in [1.29, 1.82) is 0 Å². The minimum absolute atomic E-state index is 0.177. The zero-order valence-corrected chi connectivity index (χ0v) is 10.2. The zero-order chi connectivity index (χ0) is 12.1. The van der Waals surface area contributed by atoms with E-state index in [2.05, 4.69) is 9.97 Å². The average molecular weight is 258 g/mol. The van der Waals surface area contributed by atoms with Gasteiger partial charge in [-0.3, -0.25) is 0 Å². The largest absolute Gasteiger partial charge is 0.478 e. The van der Waals surface area contributed by atoms with Gasteiger partial charge in [0, 0.05) is 18.0 Å². The van der Waals surface area contributed by atoms with Crippen molar-refractivity contribution in [1.82, 2.24) is 9.97 Å². The molecule has 0 spiro atoms. The molecule has 2 unspecified atom stereocenters. The van der Waals surface area contributed by atoms with Crippen molar-refractivity contribution in [3.05, 3.63) is 12.3 Å². The Balaban J connectivity index is 1.83. The maximum Gasteiger partial charge on any atom is 0.319 e. The SMILES string of the molecule is CCOc1ccnc(OCC2OC(O)CS2)n1. The third-order valence-corrected chi connectivity index (χ3v) is 3.08. The van der Waals surface area contributed by atoms with Crippen LogP contribution in [0.5, 0.6) is 11.9 Å². The maximum atomic E-state index is 9.16. The molecule has 1 fully saturated rings. The van der Waals surface area contributed by atoms with E-state index in [4.69, 9.17) is 19.3 Å². The first kappa shape index (κ1) is 12.4. The summed E-state index contributed by atoms with van der Waals surface area (Å²) in [5, 5.41) is 9.16. The van der Waals surface area contributed by atoms with Gasteiger partial charge in [0.15, 0.2) is 6.29 Å². The molecular formula is C10H14N2O4S. The number of aromatic nitrogens is 2. The molecule has 94 valence electrons. The Morgan fingerprint density at radius 2 is 2.47 bits per heavy atom. The van der Waals surface area contributed by atoms with E-state index in [0.29, 0.717) is 24.8 Å². The predicted octanol–water partition coefficient (Wildman–Crippen LogP) is 0.662.